The summed E-state index contributed by atoms with van der Waals surface area (Å²) in [6, 6.07) is 7.41. The van der Waals surface area contributed by atoms with Gasteiger partial charge >= 0.3 is 0 Å². The fourth-order valence-corrected chi connectivity index (χ4v) is 2.43. The van der Waals surface area contributed by atoms with Crippen LogP contribution in [0.25, 0.3) is 11.4 Å². The molecule has 19 heavy (non-hydrogen) atoms. The van der Waals surface area contributed by atoms with Crippen LogP contribution in [0, 0.1) is 4.91 Å². The van der Waals surface area contributed by atoms with Crippen LogP contribution in [-0.4, -0.2) is 23.3 Å². The molecule has 0 fully saturated rings. The molecule has 0 saturated carbocycles. The van der Waals surface area contributed by atoms with E-state index in [4.69, 9.17) is 4.74 Å². The molecule has 2 aromatic heterocycles. The van der Waals surface area contributed by atoms with Crippen molar-refractivity contribution >= 4 is 11.8 Å². The predicted octanol–water partition coefficient (Wildman–Crippen LogP) is 3.14. The van der Waals surface area contributed by atoms with Gasteiger partial charge in [-0.2, -0.15) is 4.91 Å². The lowest BCUT2D eigenvalue weighted by atomic mass is 10.2. The van der Waals surface area contributed by atoms with E-state index in [1.54, 1.807) is 13.3 Å². The fourth-order valence-electron chi connectivity index (χ4n) is 1.74. The number of nitroso groups, excluding NO2 is 1. The SMILES string of the molecule is COc1cc(-c2ccccn2)nc(CN=O)c1SC. The summed E-state index contributed by atoms with van der Waals surface area (Å²) in [4.78, 5) is 20.1. The molecule has 2 aromatic rings. The Morgan fingerprint density at radius 2 is 2.21 bits per heavy atom. The van der Waals surface area contributed by atoms with Crippen LogP contribution in [0.5, 0.6) is 5.75 Å². The molecule has 6 heteroatoms. The van der Waals surface area contributed by atoms with Crippen molar-refractivity contribution in [2.45, 2.75) is 11.4 Å². The Morgan fingerprint density at radius 3 is 2.79 bits per heavy atom. The molecule has 0 spiro atoms. The molecule has 0 aliphatic carbocycles. The summed E-state index contributed by atoms with van der Waals surface area (Å²) in [6.07, 6.45) is 3.61. The van der Waals surface area contributed by atoms with Gasteiger partial charge in [0.1, 0.15) is 12.3 Å². The van der Waals surface area contributed by atoms with E-state index in [9.17, 15) is 4.91 Å². The van der Waals surface area contributed by atoms with Gasteiger partial charge in [-0.15, -0.1) is 11.8 Å². The third-order valence-corrected chi connectivity index (χ3v) is 3.42. The van der Waals surface area contributed by atoms with E-state index in [1.165, 1.54) is 11.8 Å². The van der Waals surface area contributed by atoms with E-state index in [-0.39, 0.29) is 6.54 Å². The lowest BCUT2D eigenvalue weighted by Gasteiger charge is -2.11. The quantitative estimate of drug-likeness (QED) is 0.619. The average Bonchev–Trinajstić information content (AvgIpc) is 2.47. The number of pyridine rings is 2. The zero-order chi connectivity index (χ0) is 13.7. The maximum absolute atomic E-state index is 10.5. The summed E-state index contributed by atoms with van der Waals surface area (Å²) in [7, 11) is 1.59. The summed E-state index contributed by atoms with van der Waals surface area (Å²) in [5.41, 5.74) is 2.03. The van der Waals surface area contributed by atoms with E-state index in [0.717, 1.165) is 10.6 Å². The zero-order valence-electron chi connectivity index (χ0n) is 10.7. The number of ether oxygens (including phenoxy) is 1. The molecule has 0 aliphatic rings. The molecule has 0 N–H and O–H groups in total. The van der Waals surface area contributed by atoms with Crippen molar-refractivity contribution < 1.29 is 4.74 Å². The molecule has 5 nitrogen and oxygen atoms in total. The maximum Gasteiger partial charge on any atom is 0.136 e. The second kappa shape index (κ2) is 6.29. The Hall–Kier alpha value is -1.95. The monoisotopic (exact) mass is 275 g/mol. The molecule has 2 heterocycles. The lowest BCUT2D eigenvalue weighted by Crippen LogP contribution is -1.99. The Kier molecular flexibility index (Phi) is 4.46. The van der Waals surface area contributed by atoms with Gasteiger partial charge in [0.05, 0.1) is 29.1 Å². The lowest BCUT2D eigenvalue weighted by molar-refractivity contribution is 0.403. The number of nitrogens with zero attached hydrogens (tertiary/aromatic N) is 3. The smallest absolute Gasteiger partial charge is 0.136 e. The van der Waals surface area contributed by atoms with Gasteiger partial charge in [-0.3, -0.25) is 4.98 Å². The van der Waals surface area contributed by atoms with Crippen LogP contribution in [-0.2, 0) is 6.54 Å². The zero-order valence-corrected chi connectivity index (χ0v) is 11.5. The van der Waals surface area contributed by atoms with Crippen molar-refractivity contribution in [1.29, 1.82) is 0 Å². The number of rotatable bonds is 5. The summed E-state index contributed by atoms with van der Waals surface area (Å²) in [5.74, 6) is 0.682. The highest BCUT2D eigenvalue weighted by Crippen LogP contribution is 2.33. The molecule has 0 amide bonds. The van der Waals surface area contributed by atoms with E-state index in [2.05, 4.69) is 15.1 Å². The van der Waals surface area contributed by atoms with Gasteiger partial charge < -0.3 is 4.74 Å². The standard InChI is InChI=1S/C13H13N3O2S/c1-18-12-7-10(9-5-3-4-6-14-9)16-11(8-15-17)13(12)19-2/h3-7H,8H2,1-2H3. The van der Waals surface area contributed by atoms with Gasteiger partial charge in [0.15, 0.2) is 0 Å². The van der Waals surface area contributed by atoms with Crippen molar-refractivity contribution in [2.24, 2.45) is 5.18 Å². The normalized spacial score (nSPS) is 10.2. The minimum absolute atomic E-state index is 0.0210. The third-order valence-electron chi connectivity index (χ3n) is 2.57. The van der Waals surface area contributed by atoms with E-state index in [1.807, 2.05) is 30.5 Å². The van der Waals surface area contributed by atoms with Crippen LogP contribution in [0.15, 0.2) is 40.5 Å². The molecule has 2 rings (SSSR count). The molecule has 0 unspecified atom stereocenters. The number of hydrogen-bond donors (Lipinski definition) is 0. The van der Waals surface area contributed by atoms with Crippen molar-refractivity contribution in [2.75, 3.05) is 13.4 Å². The minimum atomic E-state index is 0.0210. The molecule has 0 aliphatic heterocycles. The summed E-state index contributed by atoms with van der Waals surface area (Å²) in [5, 5.41) is 2.92. The number of methoxy groups -OCH3 is 1. The summed E-state index contributed by atoms with van der Waals surface area (Å²) in [6.45, 7) is 0.0210. The van der Waals surface area contributed by atoms with Crippen LogP contribution in [0.1, 0.15) is 5.69 Å². The van der Waals surface area contributed by atoms with Gasteiger partial charge in [-0.05, 0) is 18.4 Å². The first kappa shape index (κ1) is 13.5. The molecule has 98 valence electrons. The predicted molar refractivity (Wildman–Crippen MR) is 75.3 cm³/mol. The van der Waals surface area contributed by atoms with Crippen LogP contribution in [0.4, 0.5) is 0 Å². The van der Waals surface area contributed by atoms with Crippen LogP contribution in [0.3, 0.4) is 0 Å². The number of thioether (sulfide) groups is 1. The van der Waals surface area contributed by atoms with Gasteiger partial charge in [0, 0.05) is 12.3 Å². The maximum atomic E-state index is 10.5. The second-order valence-corrected chi connectivity index (χ2v) is 4.51. The van der Waals surface area contributed by atoms with Crippen molar-refractivity contribution in [3.8, 4) is 17.1 Å². The van der Waals surface area contributed by atoms with Gasteiger partial charge in [0.25, 0.3) is 0 Å². The average molecular weight is 275 g/mol. The van der Waals surface area contributed by atoms with Crippen LogP contribution < -0.4 is 4.74 Å². The topological polar surface area (TPSA) is 64.4 Å². The van der Waals surface area contributed by atoms with Crippen molar-refractivity contribution in [1.82, 2.24) is 9.97 Å². The van der Waals surface area contributed by atoms with E-state index in [0.29, 0.717) is 17.1 Å². The third kappa shape index (κ3) is 2.90. The van der Waals surface area contributed by atoms with Gasteiger partial charge in [-0.25, -0.2) is 4.98 Å². The Bertz CT molecular complexity index is 576. The second-order valence-electron chi connectivity index (χ2n) is 3.69. The van der Waals surface area contributed by atoms with Crippen LogP contribution >= 0.6 is 11.8 Å². The number of hydrogen-bond acceptors (Lipinski definition) is 6. The molecule has 0 radical (unpaired) electrons. The molecule has 0 bridgehead atoms. The van der Waals surface area contributed by atoms with E-state index >= 15 is 0 Å². The van der Waals surface area contributed by atoms with Gasteiger partial charge in [0.2, 0.25) is 0 Å². The first-order chi connectivity index (χ1) is 9.30. The minimum Gasteiger partial charge on any atom is -0.495 e. The van der Waals surface area contributed by atoms with Crippen molar-refractivity contribution in [3.63, 3.8) is 0 Å². The molecular formula is C13H13N3O2S. The van der Waals surface area contributed by atoms with Crippen molar-refractivity contribution in [3.05, 3.63) is 41.1 Å². The summed E-state index contributed by atoms with van der Waals surface area (Å²) >= 11 is 1.48. The van der Waals surface area contributed by atoms with Crippen LogP contribution in [0.2, 0.25) is 0 Å². The highest BCUT2D eigenvalue weighted by molar-refractivity contribution is 7.98. The molecule has 0 saturated heterocycles. The highest BCUT2D eigenvalue weighted by atomic mass is 32.2. The van der Waals surface area contributed by atoms with E-state index < -0.39 is 0 Å². The van der Waals surface area contributed by atoms with Gasteiger partial charge in [-0.1, -0.05) is 11.2 Å². The number of aromatic nitrogens is 2. The Labute approximate surface area is 115 Å². The molecule has 0 aromatic carbocycles. The fraction of sp³-hybridized carbons (Fsp3) is 0.231. The molecule has 0 atom stereocenters. The summed E-state index contributed by atoms with van der Waals surface area (Å²) < 4.78 is 5.35. The first-order valence-electron chi connectivity index (χ1n) is 5.62. The Morgan fingerprint density at radius 1 is 1.37 bits per heavy atom. The molecular weight excluding hydrogens is 262 g/mol. The Balaban J connectivity index is 2.57. The highest BCUT2D eigenvalue weighted by Gasteiger charge is 2.14. The first-order valence-corrected chi connectivity index (χ1v) is 6.85. The largest absolute Gasteiger partial charge is 0.495 e.